The van der Waals surface area contributed by atoms with Crippen molar-refractivity contribution in [1.29, 1.82) is 0 Å². The summed E-state index contributed by atoms with van der Waals surface area (Å²) in [6, 6.07) is 0. The number of rotatable bonds is 10. The Morgan fingerprint density at radius 1 is 0.844 bits per heavy atom. The molecular weight excluding hydrogens is 394 g/mol. The van der Waals surface area contributed by atoms with Crippen LogP contribution in [-0.4, -0.2) is 62.9 Å². The number of nitrogens with zero attached hydrogens (tertiary/aromatic N) is 1. The van der Waals surface area contributed by atoms with Crippen molar-refractivity contribution in [1.82, 2.24) is 15.5 Å². The molecule has 0 bridgehead atoms. The molecule has 0 unspecified atom stereocenters. The van der Waals surface area contributed by atoms with Gasteiger partial charge in [-0.15, -0.1) is 0 Å². The molecule has 2 N–H and O–H groups in total. The Kier molecular flexibility index (Phi) is 9.35. The normalized spacial score (nSPS) is 34.2. The molecular formula is C28H53N3O. The van der Waals surface area contributed by atoms with Gasteiger partial charge in [-0.3, -0.25) is 0 Å². The molecule has 2 saturated heterocycles. The molecule has 0 spiro atoms. The number of ether oxygens (including phenoxy) is 1. The summed E-state index contributed by atoms with van der Waals surface area (Å²) in [6.07, 6.45) is 16.2. The van der Waals surface area contributed by atoms with E-state index in [1.54, 1.807) is 0 Å². The van der Waals surface area contributed by atoms with E-state index in [-0.39, 0.29) is 0 Å². The summed E-state index contributed by atoms with van der Waals surface area (Å²) in [5, 5.41) is 6.93. The topological polar surface area (TPSA) is 36.5 Å². The zero-order valence-corrected chi connectivity index (χ0v) is 21.5. The number of hydrogen-bond donors (Lipinski definition) is 2. The van der Waals surface area contributed by atoms with Crippen molar-refractivity contribution in [3.8, 4) is 0 Å². The summed E-state index contributed by atoms with van der Waals surface area (Å²) < 4.78 is 6.45. The van der Waals surface area contributed by atoms with E-state index in [2.05, 4.69) is 36.3 Å². The number of nitrogens with one attached hydrogen (secondary N) is 2. The smallest absolute Gasteiger partial charge is 0.0603 e. The summed E-state index contributed by atoms with van der Waals surface area (Å²) in [7, 11) is 0. The maximum atomic E-state index is 6.45. The highest BCUT2D eigenvalue weighted by molar-refractivity contribution is 4.87. The van der Waals surface area contributed by atoms with Crippen molar-refractivity contribution >= 4 is 0 Å². The van der Waals surface area contributed by atoms with Crippen molar-refractivity contribution < 1.29 is 4.74 Å². The molecule has 32 heavy (non-hydrogen) atoms. The second-order valence-corrected chi connectivity index (χ2v) is 12.8. The fourth-order valence-electron chi connectivity index (χ4n) is 7.07. The molecule has 186 valence electrons. The van der Waals surface area contributed by atoms with E-state index >= 15 is 0 Å². The van der Waals surface area contributed by atoms with Crippen molar-refractivity contribution in [2.75, 3.05) is 45.8 Å². The van der Waals surface area contributed by atoms with Gasteiger partial charge in [0.25, 0.3) is 0 Å². The van der Waals surface area contributed by atoms with Crippen molar-refractivity contribution in [3.63, 3.8) is 0 Å². The minimum Gasteiger partial charge on any atom is -0.375 e. The van der Waals surface area contributed by atoms with E-state index in [0.29, 0.717) is 17.6 Å². The van der Waals surface area contributed by atoms with Crippen LogP contribution in [0.4, 0.5) is 0 Å². The molecule has 4 heteroatoms. The van der Waals surface area contributed by atoms with Crippen LogP contribution in [-0.2, 0) is 4.74 Å². The predicted octanol–water partition coefficient (Wildman–Crippen LogP) is 5.08. The van der Waals surface area contributed by atoms with Crippen molar-refractivity contribution in [2.45, 2.75) is 104 Å². The Morgan fingerprint density at radius 3 is 2.16 bits per heavy atom. The Hall–Kier alpha value is -0.160. The Morgan fingerprint density at radius 2 is 1.47 bits per heavy atom. The van der Waals surface area contributed by atoms with Gasteiger partial charge in [-0.2, -0.15) is 0 Å². The lowest BCUT2D eigenvalue weighted by atomic mass is 9.66. The highest BCUT2D eigenvalue weighted by Gasteiger charge is 2.35. The Balaban J connectivity index is 1.08. The van der Waals surface area contributed by atoms with Gasteiger partial charge in [0.15, 0.2) is 0 Å². The van der Waals surface area contributed by atoms with Gasteiger partial charge in [-0.25, -0.2) is 0 Å². The third-order valence-corrected chi connectivity index (χ3v) is 9.39. The molecule has 2 aliphatic heterocycles. The van der Waals surface area contributed by atoms with Gasteiger partial charge in [-0.05, 0) is 113 Å². The fraction of sp³-hybridized carbons (Fsp3) is 1.00. The average molecular weight is 448 g/mol. The monoisotopic (exact) mass is 447 g/mol. The molecule has 4 aliphatic rings. The number of piperidine rings is 1. The minimum atomic E-state index is 0.506. The van der Waals surface area contributed by atoms with Crippen LogP contribution in [0.2, 0.25) is 0 Å². The highest BCUT2D eigenvalue weighted by atomic mass is 16.5. The van der Waals surface area contributed by atoms with Gasteiger partial charge in [0.2, 0.25) is 0 Å². The molecule has 0 amide bonds. The predicted molar refractivity (Wildman–Crippen MR) is 135 cm³/mol. The second kappa shape index (κ2) is 12.0. The van der Waals surface area contributed by atoms with Crippen LogP contribution in [0.25, 0.3) is 0 Å². The minimum absolute atomic E-state index is 0.506. The molecule has 4 nitrogen and oxygen atoms in total. The standard InChI is InChI=1S/C28H53N3O/c1-22(25-18-24(19-25)21-31-16-14-30-15-17-31)8-11-28(2,3)20-23-4-6-26(7-5-23)32-27-9-12-29-13-10-27/h22-27,29-30H,4-21H2,1-3H3/t22-,23-,24?,25?,26-/m1/s1. The van der Waals surface area contributed by atoms with Crippen LogP contribution < -0.4 is 10.6 Å². The van der Waals surface area contributed by atoms with E-state index < -0.39 is 0 Å². The third kappa shape index (κ3) is 7.68. The third-order valence-electron chi connectivity index (χ3n) is 9.39. The van der Waals surface area contributed by atoms with Crippen LogP contribution in [0.5, 0.6) is 0 Å². The number of hydrogen-bond acceptors (Lipinski definition) is 4. The molecule has 1 atom stereocenters. The quantitative estimate of drug-likeness (QED) is 0.490. The first-order chi connectivity index (χ1) is 15.5. The first-order valence-electron chi connectivity index (χ1n) is 14.3. The van der Waals surface area contributed by atoms with Gasteiger partial charge in [0.1, 0.15) is 0 Å². The first-order valence-corrected chi connectivity index (χ1v) is 14.3. The summed E-state index contributed by atoms with van der Waals surface area (Å²) in [4.78, 5) is 2.69. The van der Waals surface area contributed by atoms with Gasteiger partial charge in [-0.1, -0.05) is 20.8 Å². The van der Waals surface area contributed by atoms with Crippen LogP contribution in [0.3, 0.4) is 0 Å². The van der Waals surface area contributed by atoms with Crippen molar-refractivity contribution in [3.05, 3.63) is 0 Å². The van der Waals surface area contributed by atoms with E-state index in [1.165, 1.54) is 103 Å². The van der Waals surface area contributed by atoms with E-state index in [0.717, 1.165) is 36.8 Å². The summed E-state index contributed by atoms with van der Waals surface area (Å²) >= 11 is 0. The lowest BCUT2D eigenvalue weighted by Gasteiger charge is -2.43. The second-order valence-electron chi connectivity index (χ2n) is 12.8. The van der Waals surface area contributed by atoms with Gasteiger partial charge < -0.3 is 20.3 Å². The van der Waals surface area contributed by atoms with Crippen molar-refractivity contribution in [2.24, 2.45) is 29.1 Å². The largest absolute Gasteiger partial charge is 0.375 e. The molecule has 2 saturated carbocycles. The van der Waals surface area contributed by atoms with E-state index in [1.807, 2.05) is 0 Å². The Labute approximate surface area is 199 Å². The van der Waals surface area contributed by atoms with Crippen LogP contribution in [0.15, 0.2) is 0 Å². The molecule has 2 heterocycles. The first kappa shape index (κ1) is 24.9. The average Bonchev–Trinajstić information content (AvgIpc) is 2.77. The molecule has 4 fully saturated rings. The van der Waals surface area contributed by atoms with Gasteiger partial charge in [0.05, 0.1) is 12.2 Å². The maximum absolute atomic E-state index is 6.45. The van der Waals surface area contributed by atoms with Crippen LogP contribution in [0, 0.1) is 29.1 Å². The van der Waals surface area contributed by atoms with Gasteiger partial charge >= 0.3 is 0 Å². The summed E-state index contributed by atoms with van der Waals surface area (Å²) in [5.41, 5.74) is 0.506. The SMILES string of the molecule is C[C@H](CCC(C)(C)C[C@H]1CC[C@H](OC2CCNCC2)CC1)C1CC(CN2CCNCC2)C1. The van der Waals surface area contributed by atoms with Crippen LogP contribution >= 0.6 is 0 Å². The number of piperazine rings is 1. The molecule has 2 aliphatic carbocycles. The molecule has 0 radical (unpaired) electrons. The zero-order chi connectivity index (χ0) is 22.4. The van der Waals surface area contributed by atoms with E-state index in [9.17, 15) is 0 Å². The lowest BCUT2D eigenvalue weighted by molar-refractivity contribution is -0.0504. The van der Waals surface area contributed by atoms with E-state index in [4.69, 9.17) is 4.74 Å². The maximum Gasteiger partial charge on any atom is 0.0603 e. The lowest BCUT2D eigenvalue weighted by Crippen LogP contribution is -2.47. The molecule has 0 aromatic heterocycles. The highest BCUT2D eigenvalue weighted by Crippen LogP contribution is 2.44. The molecule has 4 rings (SSSR count). The summed E-state index contributed by atoms with van der Waals surface area (Å²) in [5.74, 6) is 3.83. The van der Waals surface area contributed by atoms with Gasteiger partial charge in [0, 0.05) is 32.7 Å². The Bertz CT molecular complexity index is 527. The molecule has 0 aromatic carbocycles. The molecule has 0 aromatic rings. The fourth-order valence-corrected chi connectivity index (χ4v) is 7.07. The zero-order valence-electron chi connectivity index (χ0n) is 21.5. The summed E-state index contributed by atoms with van der Waals surface area (Å²) in [6.45, 7) is 16.2. The van der Waals surface area contributed by atoms with Crippen LogP contribution in [0.1, 0.15) is 91.4 Å².